The van der Waals surface area contributed by atoms with Crippen molar-refractivity contribution in [2.24, 2.45) is 29.6 Å². The van der Waals surface area contributed by atoms with E-state index in [9.17, 15) is 41.7 Å². The summed E-state index contributed by atoms with van der Waals surface area (Å²) in [6.07, 6.45) is 5.26. The van der Waals surface area contributed by atoms with Gasteiger partial charge in [0.2, 0.25) is 10.4 Å². The molecule has 9 atom stereocenters. The number of alkyl carbamates (subject to hydrolysis) is 3. The fourth-order valence-corrected chi connectivity index (χ4v) is 5.17. The summed E-state index contributed by atoms with van der Waals surface area (Å²) < 4.78 is 101. The van der Waals surface area contributed by atoms with Gasteiger partial charge in [0.15, 0.2) is 6.10 Å². The minimum absolute atomic E-state index is 0. The van der Waals surface area contributed by atoms with Crippen molar-refractivity contribution in [3.63, 3.8) is 0 Å². The number of esters is 3. The van der Waals surface area contributed by atoms with Crippen LogP contribution in [0.25, 0.3) is 0 Å². The third-order valence-electron chi connectivity index (χ3n) is 12.1. The molecule has 0 bridgehead atoms. The summed E-state index contributed by atoms with van der Waals surface area (Å²) in [7, 11) is -4.92. The van der Waals surface area contributed by atoms with Crippen molar-refractivity contribution in [3.8, 4) is 0 Å². The smallest absolute Gasteiger partial charge is 0.726 e. The van der Waals surface area contributed by atoms with E-state index in [0.29, 0.717) is 79.9 Å². The van der Waals surface area contributed by atoms with E-state index in [4.69, 9.17) is 68.4 Å². The van der Waals surface area contributed by atoms with Gasteiger partial charge in [-0.15, -0.1) is 11.6 Å². The first-order chi connectivity index (χ1) is 42.5. The molecule has 0 aromatic carbocycles. The molecule has 0 saturated carbocycles. The second-order valence-corrected chi connectivity index (χ2v) is 23.2. The van der Waals surface area contributed by atoms with Gasteiger partial charge in [-0.3, -0.25) is 4.18 Å². The average molecular weight is 1380 g/mol. The standard InChI is InChI=1S/C15H27NO9S.C14H25NO5.C13H23NO5.2C8H16O2.C4H9Cl.K/c1-5-12(4)8-22-9-13(10-24-26(19,20)21)25-15(18)16-6-7-23-14(17)11(2)3;1-5-12(4)10-18-8-9-20-14(17)15-6-7-19-13(16)11(2)3;1-4-11(3)10-17-8-9-19-13(16)14-6-7-18-12(15)5-2;2*1-3-7(2)4-9-5-8-6-10-8;1-3-4(2)5;/h12-13H,2,5-10H2,1,3-4H3,(H,16,18)(H,19,20,21);12H,2,5-10H2,1,3-4H3,(H,15,17);5,11H,2,4,6-10H2,1,3H3,(H,14,16);2*7-8H,3-6H2,1-2H3;4H,3H2,1-2H3;/q;;;;;;+1/p-1. The van der Waals surface area contributed by atoms with Crippen LogP contribution < -0.4 is 67.3 Å². The van der Waals surface area contributed by atoms with Crippen LogP contribution in [-0.4, -0.2) is 211 Å². The number of halogens is 1. The normalized spacial score (nSPS) is 15.4. The summed E-state index contributed by atoms with van der Waals surface area (Å²) in [5.74, 6) is 1.08. The number of epoxide rings is 2. The molecule has 9 unspecified atom stereocenters. The molecule has 0 aliphatic carbocycles. The third kappa shape index (κ3) is 77.6. The fraction of sp³-hybridized carbons (Fsp3) is 0.806. The van der Waals surface area contributed by atoms with E-state index in [1.807, 2.05) is 20.8 Å². The van der Waals surface area contributed by atoms with Crippen LogP contribution >= 0.6 is 11.6 Å². The molecule has 2 aliphatic rings. The summed E-state index contributed by atoms with van der Waals surface area (Å²) in [5, 5.41) is 7.57. The van der Waals surface area contributed by atoms with Gasteiger partial charge >= 0.3 is 87.6 Å². The van der Waals surface area contributed by atoms with Gasteiger partial charge in [-0.25, -0.2) is 37.2 Å². The third-order valence-corrected chi connectivity index (χ3v) is 12.8. The molecule has 2 aliphatic heterocycles. The van der Waals surface area contributed by atoms with Gasteiger partial charge in [0.05, 0.1) is 65.9 Å². The predicted molar refractivity (Wildman–Crippen MR) is 342 cm³/mol. The molecule has 0 aromatic rings. The van der Waals surface area contributed by atoms with Crippen LogP contribution in [0.3, 0.4) is 0 Å². The van der Waals surface area contributed by atoms with E-state index in [1.165, 1.54) is 19.8 Å². The van der Waals surface area contributed by atoms with E-state index in [1.54, 1.807) is 6.92 Å². The molecule has 0 radical (unpaired) electrons. The molecule has 2 saturated heterocycles. The Morgan fingerprint density at radius 2 is 0.846 bits per heavy atom. The zero-order chi connectivity index (χ0) is 69.1. The Hall–Kier alpha value is -3.04. The van der Waals surface area contributed by atoms with Crippen LogP contribution in [0.5, 0.6) is 0 Å². The van der Waals surface area contributed by atoms with Gasteiger partial charge in [0, 0.05) is 55.6 Å². The Bertz CT molecular complexity index is 1970. The Morgan fingerprint density at radius 3 is 1.15 bits per heavy atom. The topological polar surface area (TPSA) is 332 Å². The van der Waals surface area contributed by atoms with Crippen molar-refractivity contribution in [2.45, 2.75) is 159 Å². The van der Waals surface area contributed by atoms with E-state index in [0.717, 1.165) is 71.4 Å². The summed E-state index contributed by atoms with van der Waals surface area (Å²) in [4.78, 5) is 66.9. The average Bonchev–Trinajstić information content (AvgIpc) is 3.83. The molecule has 26 nitrogen and oxygen atoms in total. The molecular formula is C62H115ClKN3O23S. The summed E-state index contributed by atoms with van der Waals surface area (Å²) >= 11 is 5.46. The monoisotopic (exact) mass is 1380 g/mol. The number of alkyl halides is 1. The second kappa shape index (κ2) is 65.6. The summed E-state index contributed by atoms with van der Waals surface area (Å²) in [5.41, 5.74) is 0.549. The summed E-state index contributed by atoms with van der Waals surface area (Å²) in [6.45, 7) is 46.0. The first-order valence-electron chi connectivity index (χ1n) is 31.1. The van der Waals surface area contributed by atoms with Gasteiger partial charge in [-0.1, -0.05) is 128 Å². The number of rotatable bonds is 44. The van der Waals surface area contributed by atoms with Gasteiger partial charge < -0.3 is 82.1 Å². The molecule has 91 heavy (non-hydrogen) atoms. The molecule has 2 heterocycles. The molecule has 0 aromatic heterocycles. The maximum Gasteiger partial charge on any atom is 1.00 e. The molecule has 530 valence electrons. The fourth-order valence-electron chi connectivity index (χ4n) is 4.85. The van der Waals surface area contributed by atoms with Crippen LogP contribution in [0, 0.1) is 29.6 Å². The first kappa shape index (κ1) is 96.6. The van der Waals surface area contributed by atoms with Gasteiger partial charge in [-0.2, -0.15) is 0 Å². The molecular weight excluding hydrogens is 1260 g/mol. The number of amides is 3. The maximum atomic E-state index is 11.7. The number of carbonyl (C=O) groups excluding carboxylic acids is 6. The van der Waals surface area contributed by atoms with Gasteiger partial charge in [0.25, 0.3) is 0 Å². The van der Waals surface area contributed by atoms with Crippen LogP contribution in [0.4, 0.5) is 14.4 Å². The second-order valence-electron chi connectivity index (χ2n) is 21.4. The molecule has 2 rings (SSSR count). The minimum Gasteiger partial charge on any atom is -0.726 e. The number of carbonyl (C=O) groups is 6. The molecule has 3 N–H and O–H groups in total. The Kier molecular flexibility index (Phi) is 69.7. The van der Waals surface area contributed by atoms with Crippen LogP contribution in [-0.2, 0) is 90.5 Å². The Morgan fingerprint density at radius 1 is 0.516 bits per heavy atom. The van der Waals surface area contributed by atoms with E-state index >= 15 is 0 Å². The first-order valence-corrected chi connectivity index (χ1v) is 32.9. The van der Waals surface area contributed by atoms with Crippen LogP contribution in [0.1, 0.15) is 135 Å². The van der Waals surface area contributed by atoms with Crippen molar-refractivity contribution in [1.82, 2.24) is 16.0 Å². The van der Waals surface area contributed by atoms with Gasteiger partial charge in [-0.05, 0) is 56.8 Å². The van der Waals surface area contributed by atoms with Crippen LogP contribution in [0.2, 0.25) is 0 Å². The Labute approximate surface area is 592 Å². The van der Waals surface area contributed by atoms with E-state index < -0.39 is 59.3 Å². The number of nitrogens with one attached hydrogen (secondary N) is 3. The summed E-state index contributed by atoms with van der Waals surface area (Å²) in [6, 6.07) is 0. The maximum absolute atomic E-state index is 11.7. The number of ether oxygens (including phenoxy) is 13. The zero-order valence-corrected chi connectivity index (χ0v) is 62.4. The van der Waals surface area contributed by atoms with Crippen molar-refractivity contribution in [2.75, 3.05) is 139 Å². The van der Waals surface area contributed by atoms with E-state index in [-0.39, 0.29) is 122 Å². The van der Waals surface area contributed by atoms with Gasteiger partial charge in [0.1, 0.15) is 51.8 Å². The van der Waals surface area contributed by atoms with Crippen molar-refractivity contribution in [1.29, 1.82) is 0 Å². The Balaban J connectivity index is -0.000000343. The zero-order valence-electron chi connectivity index (χ0n) is 57.7. The quantitative estimate of drug-likeness (QED) is 0.00718. The molecule has 3 amide bonds. The number of hydrogen-bond acceptors (Lipinski definition) is 23. The predicted octanol–water partition coefficient (Wildman–Crippen LogP) is 6.06. The SMILES string of the molecule is C=C(C)C(=O)OCCNC(=O)OC(COCC(C)CC)COS(=O)(=O)[O-].C=C(C)C(=O)OCCNC(=O)OCCOCC(C)CC.C=CC(=O)OCCNC(=O)OCCOCC(C)CC.CCC(C)COCC1CO1.CCC(C)COCC1CO1.CCC(C)Cl.[K+]. The number of hydrogen-bond donors (Lipinski definition) is 3. The molecule has 2 fully saturated rings. The van der Waals surface area contributed by atoms with Crippen LogP contribution in [0.15, 0.2) is 37.0 Å². The van der Waals surface area contributed by atoms with Crippen molar-refractivity contribution in [3.05, 3.63) is 37.0 Å². The largest absolute Gasteiger partial charge is 1.00 e. The minimum atomic E-state index is -4.92. The van der Waals surface area contributed by atoms with E-state index in [2.05, 4.69) is 107 Å². The van der Waals surface area contributed by atoms with Crippen molar-refractivity contribution >= 4 is 58.2 Å². The molecule has 0 spiro atoms. The molecule has 29 heteroatoms. The van der Waals surface area contributed by atoms with Crippen molar-refractivity contribution < 1.29 is 159 Å².